The molecule has 0 spiro atoms. The standard InChI is InChI=1S/C11H12N4O2/c1-7-3-4-13-8(5-7)15-6-14-9(10(15)12)11(16)17-2/h3-6H,12H2,1-2H3. The van der Waals surface area contributed by atoms with Crippen molar-refractivity contribution in [2.24, 2.45) is 0 Å². The summed E-state index contributed by atoms with van der Waals surface area (Å²) in [4.78, 5) is 19.4. The average molecular weight is 232 g/mol. The molecule has 0 radical (unpaired) electrons. The Labute approximate surface area is 98.1 Å². The Morgan fingerprint density at radius 1 is 1.47 bits per heavy atom. The zero-order valence-corrected chi connectivity index (χ0v) is 9.54. The van der Waals surface area contributed by atoms with Gasteiger partial charge < -0.3 is 10.5 Å². The Kier molecular flexibility index (Phi) is 2.78. The van der Waals surface area contributed by atoms with Gasteiger partial charge in [0.2, 0.25) is 0 Å². The van der Waals surface area contributed by atoms with Crippen molar-refractivity contribution in [3.05, 3.63) is 35.9 Å². The first kappa shape index (κ1) is 11.1. The molecule has 0 amide bonds. The van der Waals surface area contributed by atoms with E-state index in [1.807, 2.05) is 19.1 Å². The molecule has 0 saturated carbocycles. The lowest BCUT2D eigenvalue weighted by Gasteiger charge is -2.04. The number of carbonyl (C=O) groups excluding carboxylic acids is 1. The van der Waals surface area contributed by atoms with Crippen molar-refractivity contribution in [3.8, 4) is 5.82 Å². The minimum atomic E-state index is -0.561. The molecule has 2 aromatic heterocycles. The molecule has 0 unspecified atom stereocenters. The molecule has 2 aromatic rings. The van der Waals surface area contributed by atoms with Gasteiger partial charge in [-0.05, 0) is 24.6 Å². The van der Waals surface area contributed by atoms with Crippen LogP contribution in [0.3, 0.4) is 0 Å². The Hall–Kier alpha value is -2.37. The highest BCUT2D eigenvalue weighted by Gasteiger charge is 2.17. The fourth-order valence-electron chi connectivity index (χ4n) is 1.45. The van der Waals surface area contributed by atoms with E-state index in [0.29, 0.717) is 5.82 Å². The number of imidazole rings is 1. The molecule has 6 nitrogen and oxygen atoms in total. The highest BCUT2D eigenvalue weighted by atomic mass is 16.5. The van der Waals surface area contributed by atoms with Gasteiger partial charge in [-0.3, -0.25) is 4.57 Å². The van der Waals surface area contributed by atoms with Crippen molar-refractivity contribution in [2.75, 3.05) is 12.8 Å². The fraction of sp³-hybridized carbons (Fsp3) is 0.182. The topological polar surface area (TPSA) is 83.0 Å². The first-order valence-electron chi connectivity index (χ1n) is 4.97. The average Bonchev–Trinajstić information content (AvgIpc) is 2.70. The van der Waals surface area contributed by atoms with Crippen LogP contribution in [-0.4, -0.2) is 27.6 Å². The van der Waals surface area contributed by atoms with E-state index < -0.39 is 5.97 Å². The van der Waals surface area contributed by atoms with Gasteiger partial charge in [-0.2, -0.15) is 0 Å². The molecule has 0 fully saturated rings. The number of aromatic nitrogens is 3. The van der Waals surface area contributed by atoms with E-state index in [4.69, 9.17) is 5.73 Å². The van der Waals surface area contributed by atoms with Crippen molar-refractivity contribution < 1.29 is 9.53 Å². The lowest BCUT2D eigenvalue weighted by molar-refractivity contribution is 0.0596. The third-order valence-electron chi connectivity index (χ3n) is 2.33. The highest BCUT2D eigenvalue weighted by Crippen LogP contribution is 2.16. The van der Waals surface area contributed by atoms with E-state index in [2.05, 4.69) is 14.7 Å². The van der Waals surface area contributed by atoms with Crippen LogP contribution in [0.25, 0.3) is 5.82 Å². The van der Waals surface area contributed by atoms with Crippen LogP contribution in [-0.2, 0) is 4.74 Å². The van der Waals surface area contributed by atoms with E-state index in [-0.39, 0.29) is 11.5 Å². The highest BCUT2D eigenvalue weighted by molar-refractivity contribution is 5.92. The lowest BCUT2D eigenvalue weighted by Crippen LogP contribution is -2.08. The van der Waals surface area contributed by atoms with Gasteiger partial charge >= 0.3 is 5.97 Å². The van der Waals surface area contributed by atoms with E-state index in [9.17, 15) is 4.79 Å². The van der Waals surface area contributed by atoms with Crippen LogP contribution in [0.15, 0.2) is 24.7 Å². The lowest BCUT2D eigenvalue weighted by atomic mass is 10.3. The summed E-state index contributed by atoms with van der Waals surface area (Å²) < 4.78 is 6.12. The number of hydrogen-bond donors (Lipinski definition) is 1. The maximum atomic E-state index is 11.3. The minimum Gasteiger partial charge on any atom is -0.464 e. The second kappa shape index (κ2) is 4.25. The number of carbonyl (C=O) groups is 1. The maximum Gasteiger partial charge on any atom is 0.360 e. The Morgan fingerprint density at radius 2 is 2.24 bits per heavy atom. The number of aryl methyl sites for hydroxylation is 1. The molecule has 0 atom stereocenters. The zero-order valence-electron chi connectivity index (χ0n) is 9.54. The van der Waals surface area contributed by atoms with Crippen LogP contribution >= 0.6 is 0 Å². The molecular weight excluding hydrogens is 220 g/mol. The molecule has 6 heteroatoms. The van der Waals surface area contributed by atoms with Crippen LogP contribution in [0.2, 0.25) is 0 Å². The molecule has 17 heavy (non-hydrogen) atoms. The first-order valence-corrected chi connectivity index (χ1v) is 4.97. The molecular formula is C11H12N4O2. The molecule has 0 bridgehead atoms. The van der Waals surface area contributed by atoms with Crippen molar-refractivity contribution in [3.63, 3.8) is 0 Å². The number of hydrogen-bond acceptors (Lipinski definition) is 5. The van der Waals surface area contributed by atoms with E-state index in [1.165, 1.54) is 13.4 Å². The summed E-state index contributed by atoms with van der Waals surface area (Å²) in [6.07, 6.45) is 3.12. The van der Waals surface area contributed by atoms with Gasteiger partial charge in [0.05, 0.1) is 7.11 Å². The maximum absolute atomic E-state index is 11.3. The summed E-state index contributed by atoms with van der Waals surface area (Å²) >= 11 is 0. The molecule has 0 aliphatic heterocycles. The molecule has 0 aliphatic rings. The fourth-order valence-corrected chi connectivity index (χ4v) is 1.45. The van der Waals surface area contributed by atoms with Crippen molar-refractivity contribution >= 4 is 11.8 Å². The van der Waals surface area contributed by atoms with E-state index in [0.717, 1.165) is 5.56 Å². The number of pyridine rings is 1. The zero-order chi connectivity index (χ0) is 12.4. The van der Waals surface area contributed by atoms with Gasteiger partial charge in [0, 0.05) is 6.20 Å². The van der Waals surface area contributed by atoms with Gasteiger partial charge in [0.15, 0.2) is 5.69 Å². The van der Waals surface area contributed by atoms with Gasteiger partial charge in [0.25, 0.3) is 0 Å². The van der Waals surface area contributed by atoms with Gasteiger partial charge in [0.1, 0.15) is 18.0 Å². The number of rotatable bonds is 2. The predicted molar refractivity (Wildman–Crippen MR) is 61.8 cm³/mol. The van der Waals surface area contributed by atoms with Gasteiger partial charge in [-0.25, -0.2) is 14.8 Å². The summed E-state index contributed by atoms with van der Waals surface area (Å²) in [6.45, 7) is 1.94. The van der Waals surface area contributed by atoms with Gasteiger partial charge in [-0.1, -0.05) is 0 Å². The van der Waals surface area contributed by atoms with Crippen molar-refractivity contribution in [1.82, 2.24) is 14.5 Å². The normalized spacial score (nSPS) is 10.2. The molecule has 2 heterocycles. The van der Waals surface area contributed by atoms with Crippen molar-refractivity contribution in [1.29, 1.82) is 0 Å². The monoisotopic (exact) mass is 232 g/mol. The Morgan fingerprint density at radius 3 is 2.88 bits per heavy atom. The summed E-state index contributed by atoms with van der Waals surface area (Å²) in [5.41, 5.74) is 6.96. The van der Waals surface area contributed by atoms with E-state index in [1.54, 1.807) is 10.8 Å². The third kappa shape index (κ3) is 1.96. The Bertz CT molecular complexity index is 562. The largest absolute Gasteiger partial charge is 0.464 e. The predicted octanol–water partition coefficient (Wildman–Crippen LogP) is 0.945. The van der Waals surface area contributed by atoms with Crippen LogP contribution in [0.5, 0.6) is 0 Å². The van der Waals surface area contributed by atoms with Crippen LogP contribution in [0.1, 0.15) is 16.1 Å². The second-order valence-electron chi connectivity index (χ2n) is 3.53. The second-order valence-corrected chi connectivity index (χ2v) is 3.53. The molecule has 2 N–H and O–H groups in total. The quantitative estimate of drug-likeness (QED) is 0.779. The molecule has 0 saturated heterocycles. The number of anilines is 1. The number of methoxy groups -OCH3 is 1. The molecule has 0 aromatic carbocycles. The molecule has 88 valence electrons. The number of ether oxygens (including phenoxy) is 1. The van der Waals surface area contributed by atoms with Crippen LogP contribution in [0.4, 0.5) is 5.82 Å². The summed E-state index contributed by atoms with van der Waals surface area (Å²) in [5, 5.41) is 0. The van der Waals surface area contributed by atoms with Crippen LogP contribution in [0, 0.1) is 6.92 Å². The third-order valence-corrected chi connectivity index (χ3v) is 2.33. The van der Waals surface area contributed by atoms with Gasteiger partial charge in [-0.15, -0.1) is 0 Å². The number of nitrogens with two attached hydrogens (primary N) is 1. The first-order chi connectivity index (χ1) is 8.13. The smallest absolute Gasteiger partial charge is 0.360 e. The molecule has 2 rings (SSSR count). The number of nitrogens with zero attached hydrogens (tertiary/aromatic N) is 3. The minimum absolute atomic E-state index is 0.0933. The number of nitrogen functional groups attached to an aromatic ring is 1. The summed E-state index contributed by atoms with van der Waals surface area (Å²) in [5.74, 6) is 0.272. The number of esters is 1. The van der Waals surface area contributed by atoms with Crippen LogP contribution < -0.4 is 5.73 Å². The van der Waals surface area contributed by atoms with E-state index >= 15 is 0 Å². The summed E-state index contributed by atoms with van der Waals surface area (Å²) in [7, 11) is 1.28. The van der Waals surface area contributed by atoms with Crippen molar-refractivity contribution in [2.45, 2.75) is 6.92 Å². The summed E-state index contributed by atoms with van der Waals surface area (Å²) in [6, 6.07) is 3.72. The molecule has 0 aliphatic carbocycles. The SMILES string of the molecule is COC(=O)c1ncn(-c2cc(C)ccn2)c1N. The Balaban J connectivity index is 2.48.